The molecule has 5 heteroatoms. The minimum Gasteiger partial charge on any atom is -0.444 e. The van der Waals surface area contributed by atoms with Gasteiger partial charge in [-0.3, -0.25) is 0 Å². The molecule has 0 bridgehead atoms. The molecule has 0 radical (unpaired) electrons. The number of aromatic nitrogens is 1. The number of rotatable bonds is 5. The summed E-state index contributed by atoms with van der Waals surface area (Å²) in [6, 6.07) is 14.9. The van der Waals surface area contributed by atoms with Gasteiger partial charge in [-0.1, -0.05) is 68.5 Å². The molecule has 1 aliphatic heterocycles. The summed E-state index contributed by atoms with van der Waals surface area (Å²) in [6.07, 6.45) is 8.25. The Morgan fingerprint density at radius 3 is 2.56 bits per heavy atom. The van der Waals surface area contributed by atoms with Crippen LogP contribution in [0, 0.1) is 5.92 Å². The molecular weight excluding hydrogens is 416 g/mol. The smallest absolute Gasteiger partial charge is 0.410 e. The highest BCUT2D eigenvalue weighted by atomic mass is 32.2. The maximum atomic E-state index is 13.1. The fourth-order valence-electron chi connectivity index (χ4n) is 4.84. The van der Waals surface area contributed by atoms with Crippen LogP contribution >= 0.6 is 11.8 Å². The topological polar surface area (TPSA) is 42.4 Å². The van der Waals surface area contributed by atoms with Gasteiger partial charge in [-0.2, -0.15) is 0 Å². The molecule has 2 heterocycles. The molecule has 1 saturated carbocycles. The molecular formula is C27H36N2O2S. The van der Waals surface area contributed by atoms with Crippen LogP contribution in [0.5, 0.6) is 0 Å². The van der Waals surface area contributed by atoms with Gasteiger partial charge in [0.2, 0.25) is 0 Å². The standard InChI is InChI=1S/C27H36N2O2S/c1-27(2,3)31-26(30)29-18-22-14-15-25(32-19-21-12-8-5-9-13-21)28-24(22)17-23(29)16-20-10-6-4-7-11-20/h5,8-9,12-15,20,23H,4,6-7,10-11,16-19H2,1-3H3. The van der Waals surface area contributed by atoms with E-state index in [0.29, 0.717) is 12.5 Å². The predicted molar refractivity (Wildman–Crippen MR) is 131 cm³/mol. The number of nitrogens with zero attached hydrogens (tertiary/aromatic N) is 2. The molecule has 1 unspecified atom stereocenters. The Bertz CT molecular complexity index is 904. The van der Waals surface area contributed by atoms with Crippen molar-refractivity contribution < 1.29 is 9.53 Å². The Labute approximate surface area is 197 Å². The first kappa shape index (κ1) is 23.2. The first-order valence-corrected chi connectivity index (χ1v) is 13.0. The zero-order chi connectivity index (χ0) is 22.6. The monoisotopic (exact) mass is 452 g/mol. The van der Waals surface area contributed by atoms with Gasteiger partial charge in [-0.25, -0.2) is 9.78 Å². The fourth-order valence-corrected chi connectivity index (χ4v) is 5.69. The number of ether oxygens (including phenoxy) is 1. The van der Waals surface area contributed by atoms with E-state index in [4.69, 9.17) is 9.72 Å². The number of thioether (sulfide) groups is 1. The van der Waals surface area contributed by atoms with Crippen LogP contribution in [0.15, 0.2) is 47.5 Å². The quantitative estimate of drug-likeness (QED) is 0.458. The van der Waals surface area contributed by atoms with Gasteiger partial charge in [0.25, 0.3) is 0 Å². The predicted octanol–water partition coefficient (Wildman–Crippen LogP) is 7.01. The molecule has 1 aromatic heterocycles. The van der Waals surface area contributed by atoms with Gasteiger partial charge >= 0.3 is 6.09 Å². The summed E-state index contributed by atoms with van der Waals surface area (Å²) in [5.74, 6) is 1.62. The van der Waals surface area contributed by atoms with Gasteiger partial charge < -0.3 is 9.64 Å². The van der Waals surface area contributed by atoms with E-state index in [0.717, 1.165) is 34.9 Å². The largest absolute Gasteiger partial charge is 0.444 e. The summed E-state index contributed by atoms with van der Waals surface area (Å²) in [5.41, 5.74) is 3.13. The van der Waals surface area contributed by atoms with Gasteiger partial charge in [0.05, 0.1) is 11.6 Å². The maximum absolute atomic E-state index is 13.1. The van der Waals surface area contributed by atoms with E-state index in [1.54, 1.807) is 11.8 Å². The Balaban J connectivity index is 1.50. The zero-order valence-electron chi connectivity index (χ0n) is 19.7. The lowest BCUT2D eigenvalue weighted by molar-refractivity contribution is 0.00823. The molecule has 0 N–H and O–H groups in total. The highest BCUT2D eigenvalue weighted by Gasteiger charge is 2.35. The highest BCUT2D eigenvalue weighted by Crippen LogP contribution is 2.34. The van der Waals surface area contributed by atoms with Crippen molar-refractivity contribution in [3.63, 3.8) is 0 Å². The maximum Gasteiger partial charge on any atom is 0.410 e. The van der Waals surface area contributed by atoms with Crippen molar-refractivity contribution in [2.75, 3.05) is 0 Å². The molecule has 172 valence electrons. The molecule has 0 saturated heterocycles. The fraction of sp³-hybridized carbons (Fsp3) is 0.556. The molecule has 4 rings (SSSR count). The summed E-state index contributed by atoms with van der Waals surface area (Å²) in [6.45, 7) is 6.42. The van der Waals surface area contributed by atoms with E-state index in [2.05, 4.69) is 36.4 Å². The van der Waals surface area contributed by atoms with Crippen LogP contribution in [0.2, 0.25) is 0 Å². The minimum atomic E-state index is -0.483. The van der Waals surface area contributed by atoms with Crippen molar-refractivity contribution in [2.45, 2.75) is 94.7 Å². The first-order chi connectivity index (χ1) is 15.4. The Morgan fingerprint density at radius 2 is 1.84 bits per heavy atom. The highest BCUT2D eigenvalue weighted by molar-refractivity contribution is 7.98. The van der Waals surface area contributed by atoms with Crippen LogP contribution < -0.4 is 0 Å². The second kappa shape index (κ2) is 10.3. The number of fused-ring (bicyclic) bond motifs is 1. The summed E-state index contributed by atoms with van der Waals surface area (Å²) < 4.78 is 5.79. The minimum absolute atomic E-state index is 0.169. The molecule has 32 heavy (non-hydrogen) atoms. The first-order valence-electron chi connectivity index (χ1n) is 12.0. The summed E-state index contributed by atoms with van der Waals surface area (Å²) in [5, 5.41) is 1.06. The summed E-state index contributed by atoms with van der Waals surface area (Å²) in [4.78, 5) is 20.1. The molecule has 1 fully saturated rings. The number of amides is 1. The number of benzene rings is 1. The van der Waals surface area contributed by atoms with Crippen LogP contribution in [-0.4, -0.2) is 27.6 Å². The van der Waals surface area contributed by atoms with E-state index < -0.39 is 5.60 Å². The second-order valence-electron chi connectivity index (χ2n) is 10.2. The average molecular weight is 453 g/mol. The Kier molecular flexibility index (Phi) is 7.44. The van der Waals surface area contributed by atoms with Gasteiger partial charge in [0.15, 0.2) is 0 Å². The van der Waals surface area contributed by atoms with Crippen molar-refractivity contribution in [1.82, 2.24) is 9.88 Å². The van der Waals surface area contributed by atoms with E-state index in [1.807, 2.05) is 31.7 Å². The van der Waals surface area contributed by atoms with E-state index in [9.17, 15) is 4.79 Å². The average Bonchev–Trinajstić information content (AvgIpc) is 2.77. The lowest BCUT2D eigenvalue weighted by Gasteiger charge is -2.39. The molecule has 2 aliphatic rings. The van der Waals surface area contributed by atoms with Crippen molar-refractivity contribution in [2.24, 2.45) is 5.92 Å². The molecule has 1 amide bonds. The second-order valence-corrected chi connectivity index (χ2v) is 11.2. The number of hydrogen-bond donors (Lipinski definition) is 0. The van der Waals surface area contributed by atoms with E-state index >= 15 is 0 Å². The Hall–Kier alpha value is -2.01. The van der Waals surface area contributed by atoms with Crippen molar-refractivity contribution >= 4 is 17.9 Å². The van der Waals surface area contributed by atoms with Crippen LogP contribution in [-0.2, 0) is 23.5 Å². The third-order valence-electron chi connectivity index (χ3n) is 6.44. The number of carbonyl (C=O) groups excluding carboxylic acids is 1. The lowest BCUT2D eigenvalue weighted by atomic mass is 9.82. The van der Waals surface area contributed by atoms with Gasteiger partial charge in [0.1, 0.15) is 5.60 Å². The summed E-state index contributed by atoms with van der Waals surface area (Å²) in [7, 11) is 0. The van der Waals surface area contributed by atoms with Gasteiger partial charge in [0, 0.05) is 23.9 Å². The van der Waals surface area contributed by atoms with Gasteiger partial charge in [-0.05, 0) is 50.3 Å². The lowest BCUT2D eigenvalue weighted by Crippen LogP contribution is -2.47. The molecule has 1 atom stereocenters. The van der Waals surface area contributed by atoms with Crippen LogP contribution in [0.25, 0.3) is 0 Å². The third kappa shape index (κ3) is 6.28. The molecule has 1 aliphatic carbocycles. The van der Waals surface area contributed by atoms with Crippen LogP contribution in [0.1, 0.15) is 76.1 Å². The zero-order valence-corrected chi connectivity index (χ0v) is 20.5. The van der Waals surface area contributed by atoms with E-state index in [-0.39, 0.29) is 12.1 Å². The number of carbonyl (C=O) groups is 1. The number of hydrogen-bond acceptors (Lipinski definition) is 4. The normalized spacial score (nSPS) is 19.5. The molecule has 4 nitrogen and oxygen atoms in total. The SMILES string of the molecule is CC(C)(C)OC(=O)N1Cc2ccc(SCc3ccccc3)nc2CC1CC1CCCCC1. The molecule has 2 aromatic rings. The van der Waals surface area contributed by atoms with E-state index in [1.165, 1.54) is 37.7 Å². The van der Waals surface area contributed by atoms with Crippen molar-refractivity contribution in [3.05, 3.63) is 59.3 Å². The van der Waals surface area contributed by atoms with Crippen LogP contribution in [0.3, 0.4) is 0 Å². The third-order valence-corrected chi connectivity index (χ3v) is 7.44. The van der Waals surface area contributed by atoms with Crippen LogP contribution in [0.4, 0.5) is 4.79 Å². The number of pyridine rings is 1. The Morgan fingerprint density at radius 1 is 1.09 bits per heavy atom. The van der Waals surface area contributed by atoms with Crippen molar-refractivity contribution in [3.8, 4) is 0 Å². The van der Waals surface area contributed by atoms with Gasteiger partial charge in [-0.15, -0.1) is 11.8 Å². The molecule has 0 spiro atoms. The molecule has 1 aromatic carbocycles. The van der Waals surface area contributed by atoms with Crippen molar-refractivity contribution in [1.29, 1.82) is 0 Å². The summed E-state index contributed by atoms with van der Waals surface area (Å²) >= 11 is 1.78.